The molecule has 0 spiro atoms. The van der Waals surface area contributed by atoms with E-state index in [0.29, 0.717) is 13.3 Å². The van der Waals surface area contributed by atoms with E-state index in [-0.39, 0.29) is 5.92 Å². The molecule has 4 rings (SSSR count). The van der Waals surface area contributed by atoms with Crippen LogP contribution in [-0.2, 0) is 53.0 Å². The van der Waals surface area contributed by atoms with Gasteiger partial charge in [-0.2, -0.15) is 17.2 Å². The molecule has 0 aromatic heterocycles. The van der Waals surface area contributed by atoms with E-state index < -0.39 is 94.1 Å². The van der Waals surface area contributed by atoms with Gasteiger partial charge >= 0.3 is 39.2 Å². The van der Waals surface area contributed by atoms with Gasteiger partial charge in [-0.15, -0.1) is 0 Å². The Hall–Kier alpha value is -2.39. The molecule has 1 aliphatic heterocycles. The maximum Gasteiger partial charge on any atom is 0.405 e. The molecular formula is C26H36F2O12S. The van der Waals surface area contributed by atoms with E-state index in [4.69, 9.17) is 23.5 Å². The summed E-state index contributed by atoms with van der Waals surface area (Å²) in [4.78, 5) is 50.5. The number of carbonyl (C=O) groups is 4. The second-order valence-corrected chi connectivity index (χ2v) is 12.9. The number of hydrogen-bond donors (Lipinski definition) is 1. The first kappa shape index (κ1) is 31.5. The quantitative estimate of drug-likeness (QED) is 0.184. The van der Waals surface area contributed by atoms with Crippen molar-refractivity contribution in [3.05, 3.63) is 0 Å². The number of esters is 4. The lowest BCUT2D eigenvalue weighted by Gasteiger charge is -2.39. The molecule has 3 aliphatic carbocycles. The Kier molecular flexibility index (Phi) is 9.29. The van der Waals surface area contributed by atoms with Crippen molar-refractivity contribution in [3.8, 4) is 0 Å². The number of fused-ring (bicyclic) bond motifs is 1. The summed E-state index contributed by atoms with van der Waals surface area (Å²) in [7, 11) is -5.83. The molecule has 0 amide bonds. The first-order valence-corrected chi connectivity index (χ1v) is 15.4. The van der Waals surface area contributed by atoms with Gasteiger partial charge in [0, 0.05) is 11.8 Å². The maximum atomic E-state index is 13.6. The van der Waals surface area contributed by atoms with Gasteiger partial charge in [0.25, 0.3) is 0 Å². The average Bonchev–Trinajstić information content (AvgIpc) is 3.51. The lowest BCUT2D eigenvalue weighted by atomic mass is 9.77. The van der Waals surface area contributed by atoms with E-state index in [1.54, 1.807) is 0 Å². The summed E-state index contributed by atoms with van der Waals surface area (Å²) < 4.78 is 83.5. The summed E-state index contributed by atoms with van der Waals surface area (Å²) in [5.41, 5.74) is -0.563. The summed E-state index contributed by atoms with van der Waals surface area (Å²) in [5, 5.41) is -4.75. The zero-order valence-corrected chi connectivity index (χ0v) is 23.7. The lowest BCUT2D eigenvalue weighted by Crippen LogP contribution is -2.47. The van der Waals surface area contributed by atoms with E-state index in [1.165, 1.54) is 0 Å². The van der Waals surface area contributed by atoms with E-state index in [9.17, 15) is 36.4 Å². The fourth-order valence-corrected chi connectivity index (χ4v) is 7.23. The molecule has 1 saturated heterocycles. The average molecular weight is 611 g/mol. The van der Waals surface area contributed by atoms with Gasteiger partial charge in [-0.25, -0.2) is 9.59 Å². The highest BCUT2D eigenvalue weighted by molar-refractivity contribution is 7.86. The minimum Gasteiger partial charge on any atom is -0.459 e. The smallest absolute Gasteiger partial charge is 0.405 e. The van der Waals surface area contributed by atoms with E-state index >= 15 is 0 Å². The van der Waals surface area contributed by atoms with Crippen molar-refractivity contribution in [2.45, 2.75) is 101 Å². The Morgan fingerprint density at radius 3 is 2.41 bits per heavy atom. The van der Waals surface area contributed by atoms with Gasteiger partial charge in [-0.05, 0) is 51.9 Å². The van der Waals surface area contributed by atoms with Gasteiger partial charge in [0.2, 0.25) is 0 Å². The number of hydrogen-bond acceptors (Lipinski definition) is 11. The molecule has 41 heavy (non-hydrogen) atoms. The van der Waals surface area contributed by atoms with Crippen LogP contribution in [-0.4, -0.2) is 79.2 Å². The van der Waals surface area contributed by atoms with Crippen LogP contribution >= 0.6 is 0 Å². The van der Waals surface area contributed by atoms with Gasteiger partial charge in [0.15, 0.2) is 6.10 Å². The zero-order chi connectivity index (χ0) is 30.2. The van der Waals surface area contributed by atoms with Crippen LogP contribution in [0, 0.1) is 23.7 Å². The molecule has 2 bridgehead atoms. The van der Waals surface area contributed by atoms with Crippen LogP contribution in [0.25, 0.3) is 0 Å². The molecule has 1 N–H and O–H groups in total. The van der Waals surface area contributed by atoms with Gasteiger partial charge in [-0.3, -0.25) is 14.1 Å². The summed E-state index contributed by atoms with van der Waals surface area (Å²) in [6, 6.07) is 0. The first-order valence-electron chi connectivity index (χ1n) is 14.0. The Labute approximate surface area is 236 Å². The minimum atomic E-state index is -5.83. The van der Waals surface area contributed by atoms with E-state index in [1.807, 2.05) is 0 Å². The highest BCUT2D eigenvalue weighted by Gasteiger charge is 2.70. The van der Waals surface area contributed by atoms with Crippen LogP contribution in [0.2, 0.25) is 0 Å². The third-order valence-electron chi connectivity index (χ3n) is 8.72. The Morgan fingerprint density at radius 1 is 1.12 bits per heavy atom. The summed E-state index contributed by atoms with van der Waals surface area (Å²) in [6.07, 6.45) is 3.40. The number of carbonyl (C=O) groups excluding carboxylic acids is 4. The molecule has 4 aliphatic rings. The predicted octanol–water partition coefficient (Wildman–Crippen LogP) is 2.57. The fraction of sp³-hybridized carbons (Fsp3) is 0.846. The number of alkyl halides is 2. The summed E-state index contributed by atoms with van der Waals surface area (Å²) in [5.74, 6) is -5.65. The third-order valence-corrected chi connectivity index (χ3v) is 9.74. The van der Waals surface area contributed by atoms with Gasteiger partial charge in [-0.1, -0.05) is 19.8 Å². The Bertz CT molecular complexity index is 1140. The SMILES string of the molecule is CCCCC1(OC(=O)C2C3CC4C(OC(=O)C42)C3OC(=O)COCC(=O)OC(C)C(F)(F)S(=O)(=O)O)CCCCC1. The molecule has 0 radical (unpaired) electrons. The Morgan fingerprint density at radius 2 is 1.78 bits per heavy atom. The monoisotopic (exact) mass is 610 g/mol. The highest BCUT2D eigenvalue weighted by atomic mass is 32.2. The molecule has 7 unspecified atom stereocenters. The van der Waals surface area contributed by atoms with E-state index in [2.05, 4.69) is 11.7 Å². The second kappa shape index (κ2) is 12.1. The Balaban J connectivity index is 1.33. The first-order chi connectivity index (χ1) is 19.2. The molecule has 1 heterocycles. The lowest BCUT2D eigenvalue weighted by molar-refractivity contribution is -0.180. The van der Waals surface area contributed by atoms with Crippen molar-refractivity contribution >= 4 is 34.0 Å². The van der Waals surface area contributed by atoms with Gasteiger partial charge in [0.05, 0.1) is 11.8 Å². The number of rotatable bonds is 13. The fourth-order valence-electron chi connectivity index (χ4n) is 6.76. The van der Waals surface area contributed by atoms with Crippen molar-refractivity contribution in [1.82, 2.24) is 0 Å². The van der Waals surface area contributed by atoms with Crippen LogP contribution in [0.1, 0.15) is 71.6 Å². The summed E-state index contributed by atoms with van der Waals surface area (Å²) >= 11 is 0. The molecular weight excluding hydrogens is 574 g/mol. The summed E-state index contributed by atoms with van der Waals surface area (Å²) in [6.45, 7) is 0.836. The number of unbranched alkanes of at least 4 members (excludes halogenated alkanes) is 1. The normalized spacial score (nSPS) is 30.9. The molecule has 4 fully saturated rings. The van der Waals surface area contributed by atoms with Crippen molar-refractivity contribution in [1.29, 1.82) is 0 Å². The highest BCUT2D eigenvalue weighted by Crippen LogP contribution is 2.59. The van der Waals surface area contributed by atoms with Crippen molar-refractivity contribution in [2.75, 3.05) is 13.2 Å². The zero-order valence-electron chi connectivity index (χ0n) is 22.9. The molecule has 7 atom stereocenters. The molecule has 12 nitrogen and oxygen atoms in total. The van der Waals surface area contributed by atoms with Crippen LogP contribution in [0.15, 0.2) is 0 Å². The van der Waals surface area contributed by atoms with Gasteiger partial charge < -0.3 is 23.7 Å². The molecule has 3 saturated carbocycles. The number of ether oxygens (including phenoxy) is 5. The third kappa shape index (κ3) is 6.36. The molecule has 15 heteroatoms. The van der Waals surface area contributed by atoms with Crippen LogP contribution in [0.4, 0.5) is 8.78 Å². The molecule has 0 aromatic rings. The van der Waals surface area contributed by atoms with Gasteiger partial charge in [0.1, 0.15) is 31.0 Å². The maximum absolute atomic E-state index is 13.6. The standard InChI is InChI=1S/C26H36F2O12S/c1-3-4-8-25(9-6-5-7-10-25)40-24(32)20-16-11-15-19(20)23(31)39-22(15)21(16)38-18(30)13-36-12-17(29)37-14(2)26(27,28)41(33,34)35/h14-16,19-22H,3-13H2,1-2H3,(H,33,34,35). The van der Waals surface area contributed by atoms with Crippen LogP contribution in [0.5, 0.6) is 0 Å². The van der Waals surface area contributed by atoms with Crippen molar-refractivity contribution < 1.29 is 64.6 Å². The largest absolute Gasteiger partial charge is 0.459 e. The second-order valence-electron chi connectivity index (χ2n) is 11.4. The predicted molar refractivity (Wildman–Crippen MR) is 133 cm³/mol. The van der Waals surface area contributed by atoms with Crippen molar-refractivity contribution in [3.63, 3.8) is 0 Å². The van der Waals surface area contributed by atoms with Crippen LogP contribution < -0.4 is 0 Å². The van der Waals surface area contributed by atoms with Crippen LogP contribution in [0.3, 0.4) is 0 Å². The topological polar surface area (TPSA) is 169 Å². The molecule has 232 valence electrons. The van der Waals surface area contributed by atoms with E-state index in [0.717, 1.165) is 51.4 Å². The number of halogens is 2. The minimum absolute atomic E-state index is 0.303. The van der Waals surface area contributed by atoms with Crippen molar-refractivity contribution in [2.24, 2.45) is 23.7 Å². The molecule has 0 aromatic carbocycles.